The molecule has 0 saturated carbocycles. The van der Waals surface area contributed by atoms with E-state index >= 15 is 0 Å². The van der Waals surface area contributed by atoms with Gasteiger partial charge in [0.15, 0.2) is 0 Å². The third kappa shape index (κ3) is 3.28. The van der Waals surface area contributed by atoms with Gasteiger partial charge in [-0.3, -0.25) is 4.79 Å². The Hall–Kier alpha value is -2.33. The molecule has 1 aromatic heterocycles. The average Bonchev–Trinajstić information content (AvgIpc) is 3.07. The molecule has 0 unspecified atom stereocenters. The molecule has 0 aliphatic carbocycles. The molecule has 1 saturated heterocycles. The van der Waals surface area contributed by atoms with Gasteiger partial charge in [0.25, 0.3) is 0 Å². The fourth-order valence-electron chi connectivity index (χ4n) is 2.78. The van der Waals surface area contributed by atoms with Gasteiger partial charge >= 0.3 is 0 Å². The number of hydrogen-bond donors (Lipinski definition) is 0. The number of benzene rings is 1. The minimum atomic E-state index is 0.0263. The number of amides is 1. The van der Waals surface area contributed by atoms with E-state index in [0.717, 1.165) is 19.6 Å². The average molecular weight is 296 g/mol. The summed E-state index contributed by atoms with van der Waals surface area (Å²) in [4.78, 5) is 16.8. The second-order valence-corrected chi connectivity index (χ2v) is 5.57. The molecule has 1 aliphatic heterocycles. The van der Waals surface area contributed by atoms with E-state index in [1.165, 1.54) is 5.56 Å². The van der Waals surface area contributed by atoms with Crippen molar-refractivity contribution < 1.29 is 9.21 Å². The zero-order valence-corrected chi connectivity index (χ0v) is 12.7. The fraction of sp³-hybridized carbons (Fsp3) is 0.278. The van der Waals surface area contributed by atoms with Crippen molar-refractivity contribution in [2.75, 3.05) is 26.7 Å². The molecule has 2 heterocycles. The van der Waals surface area contributed by atoms with Crippen molar-refractivity contribution >= 4 is 12.0 Å². The van der Waals surface area contributed by atoms with Crippen molar-refractivity contribution in [3.8, 4) is 0 Å². The molecule has 22 heavy (non-hydrogen) atoms. The van der Waals surface area contributed by atoms with E-state index in [0.29, 0.717) is 5.76 Å². The molecular formula is C18H20N2O2. The quantitative estimate of drug-likeness (QED) is 0.817. The van der Waals surface area contributed by atoms with Crippen molar-refractivity contribution in [1.29, 1.82) is 0 Å². The monoisotopic (exact) mass is 296 g/mol. The zero-order valence-electron chi connectivity index (χ0n) is 12.7. The van der Waals surface area contributed by atoms with Gasteiger partial charge in [-0.1, -0.05) is 30.3 Å². The first-order chi connectivity index (χ1) is 10.7. The summed E-state index contributed by atoms with van der Waals surface area (Å²) in [5, 5.41) is 0. The lowest BCUT2D eigenvalue weighted by atomic mass is 10.0. The number of likely N-dealkylation sites (N-methyl/N-ethyl adjacent to an activating group) is 1. The first-order valence-electron chi connectivity index (χ1n) is 7.50. The van der Waals surface area contributed by atoms with Gasteiger partial charge in [-0.05, 0) is 30.8 Å². The summed E-state index contributed by atoms with van der Waals surface area (Å²) in [5.41, 5.74) is 1.17. The Bertz CT molecular complexity index is 634. The molecule has 1 amide bonds. The smallest absolute Gasteiger partial charge is 0.247 e. The van der Waals surface area contributed by atoms with Crippen LogP contribution in [0.3, 0.4) is 0 Å². The Balaban J connectivity index is 1.79. The van der Waals surface area contributed by atoms with Crippen LogP contribution >= 0.6 is 0 Å². The lowest BCUT2D eigenvalue weighted by molar-refractivity contribution is -0.130. The van der Waals surface area contributed by atoms with E-state index in [-0.39, 0.29) is 11.9 Å². The van der Waals surface area contributed by atoms with Crippen LogP contribution in [0, 0.1) is 0 Å². The Morgan fingerprint density at radius 3 is 2.73 bits per heavy atom. The standard InChI is InChI=1S/C18H20N2O2/c1-19-11-12-20(17(14-19)15-6-3-2-4-7-15)18(21)10-9-16-8-5-13-22-16/h2-10,13,17H,11-12,14H2,1H3/b10-9-/t17-/m0/s1. The van der Waals surface area contributed by atoms with Gasteiger partial charge in [0.2, 0.25) is 5.91 Å². The molecule has 0 bridgehead atoms. The first kappa shape index (κ1) is 14.6. The van der Waals surface area contributed by atoms with Gasteiger partial charge < -0.3 is 14.2 Å². The highest BCUT2D eigenvalue weighted by molar-refractivity contribution is 5.91. The molecule has 0 N–H and O–H groups in total. The van der Waals surface area contributed by atoms with Gasteiger partial charge in [0.1, 0.15) is 5.76 Å². The van der Waals surface area contributed by atoms with Gasteiger partial charge in [-0.25, -0.2) is 0 Å². The fourth-order valence-corrected chi connectivity index (χ4v) is 2.78. The van der Waals surface area contributed by atoms with Crippen molar-refractivity contribution in [2.45, 2.75) is 6.04 Å². The molecule has 4 heteroatoms. The number of carbonyl (C=O) groups is 1. The van der Waals surface area contributed by atoms with Gasteiger partial charge in [-0.2, -0.15) is 0 Å². The SMILES string of the molecule is CN1CCN(C(=O)/C=C\c2ccco2)[C@H](c2ccccc2)C1. The van der Waals surface area contributed by atoms with Crippen molar-refractivity contribution in [2.24, 2.45) is 0 Å². The Labute approximate surface area is 130 Å². The maximum atomic E-state index is 12.6. The minimum Gasteiger partial charge on any atom is -0.465 e. The number of carbonyl (C=O) groups excluding carboxylic acids is 1. The topological polar surface area (TPSA) is 36.7 Å². The van der Waals surface area contributed by atoms with E-state index in [4.69, 9.17) is 4.42 Å². The lowest BCUT2D eigenvalue weighted by Gasteiger charge is -2.39. The number of piperazine rings is 1. The van der Waals surface area contributed by atoms with Gasteiger partial charge in [0, 0.05) is 25.7 Å². The molecule has 2 aromatic rings. The van der Waals surface area contributed by atoms with Crippen LogP contribution in [0.15, 0.2) is 59.2 Å². The highest BCUT2D eigenvalue weighted by Crippen LogP contribution is 2.25. The number of nitrogens with zero attached hydrogens (tertiary/aromatic N) is 2. The summed E-state index contributed by atoms with van der Waals surface area (Å²) in [6.45, 7) is 2.48. The third-order valence-corrected chi connectivity index (χ3v) is 3.98. The summed E-state index contributed by atoms with van der Waals surface area (Å²) >= 11 is 0. The molecule has 114 valence electrons. The highest BCUT2D eigenvalue weighted by Gasteiger charge is 2.28. The maximum absolute atomic E-state index is 12.6. The van der Waals surface area contributed by atoms with Crippen LogP contribution in [0.5, 0.6) is 0 Å². The van der Waals surface area contributed by atoms with Crippen LogP contribution in [0.4, 0.5) is 0 Å². The van der Waals surface area contributed by atoms with Gasteiger partial charge in [0.05, 0.1) is 12.3 Å². The van der Waals surface area contributed by atoms with E-state index < -0.39 is 0 Å². The molecule has 1 atom stereocenters. The molecule has 1 aliphatic rings. The second kappa shape index (κ2) is 6.62. The lowest BCUT2D eigenvalue weighted by Crippen LogP contribution is -2.48. The van der Waals surface area contributed by atoms with Crippen molar-refractivity contribution in [3.05, 3.63) is 66.1 Å². The predicted octanol–water partition coefficient (Wildman–Crippen LogP) is 2.81. The number of furan rings is 1. The molecule has 0 spiro atoms. The largest absolute Gasteiger partial charge is 0.465 e. The molecule has 0 radical (unpaired) electrons. The molecule has 4 nitrogen and oxygen atoms in total. The van der Waals surface area contributed by atoms with Crippen LogP contribution in [-0.2, 0) is 4.79 Å². The number of rotatable bonds is 3. The number of hydrogen-bond acceptors (Lipinski definition) is 3. The molecular weight excluding hydrogens is 276 g/mol. The van der Waals surface area contributed by atoms with Crippen LogP contribution in [0.1, 0.15) is 17.4 Å². The van der Waals surface area contributed by atoms with Crippen LogP contribution in [0.25, 0.3) is 6.08 Å². The van der Waals surface area contributed by atoms with Crippen molar-refractivity contribution in [3.63, 3.8) is 0 Å². The normalized spacial score (nSPS) is 19.7. The predicted molar refractivity (Wildman–Crippen MR) is 86.1 cm³/mol. The van der Waals surface area contributed by atoms with Crippen LogP contribution in [0.2, 0.25) is 0 Å². The second-order valence-electron chi connectivity index (χ2n) is 5.57. The first-order valence-corrected chi connectivity index (χ1v) is 7.50. The van der Waals surface area contributed by atoms with E-state index in [2.05, 4.69) is 24.1 Å². The highest BCUT2D eigenvalue weighted by atomic mass is 16.3. The summed E-state index contributed by atoms with van der Waals surface area (Å²) < 4.78 is 5.23. The van der Waals surface area contributed by atoms with Crippen LogP contribution in [-0.4, -0.2) is 42.4 Å². The summed E-state index contributed by atoms with van der Waals surface area (Å²) in [7, 11) is 2.09. The molecule has 1 fully saturated rings. The third-order valence-electron chi connectivity index (χ3n) is 3.98. The summed E-state index contributed by atoms with van der Waals surface area (Å²) in [6.07, 6.45) is 4.93. The van der Waals surface area contributed by atoms with Crippen molar-refractivity contribution in [1.82, 2.24) is 9.80 Å². The van der Waals surface area contributed by atoms with Crippen LogP contribution < -0.4 is 0 Å². The minimum absolute atomic E-state index is 0.0263. The Morgan fingerprint density at radius 2 is 2.00 bits per heavy atom. The van der Waals surface area contributed by atoms with Gasteiger partial charge in [-0.15, -0.1) is 0 Å². The van der Waals surface area contributed by atoms with E-state index in [9.17, 15) is 4.79 Å². The maximum Gasteiger partial charge on any atom is 0.247 e. The summed E-state index contributed by atoms with van der Waals surface area (Å²) in [5.74, 6) is 0.720. The van der Waals surface area contributed by atoms with E-state index in [1.807, 2.05) is 35.2 Å². The molecule has 1 aromatic carbocycles. The van der Waals surface area contributed by atoms with E-state index in [1.54, 1.807) is 18.4 Å². The Kier molecular flexibility index (Phi) is 4.39. The summed E-state index contributed by atoms with van der Waals surface area (Å²) in [6, 6.07) is 13.9. The Morgan fingerprint density at radius 1 is 1.18 bits per heavy atom. The molecule has 3 rings (SSSR count). The zero-order chi connectivity index (χ0) is 15.4.